The van der Waals surface area contributed by atoms with Gasteiger partial charge in [0.15, 0.2) is 0 Å². The van der Waals surface area contributed by atoms with Crippen LogP contribution in [0, 0.1) is 0 Å². The van der Waals surface area contributed by atoms with E-state index in [1.807, 2.05) is 23.6 Å². The predicted octanol–water partition coefficient (Wildman–Crippen LogP) is 3.31. The molecule has 0 spiro atoms. The first-order valence-electron chi connectivity index (χ1n) is 8.52. The van der Waals surface area contributed by atoms with Gasteiger partial charge in [0, 0.05) is 25.4 Å². The normalized spacial score (nSPS) is 16.2. The summed E-state index contributed by atoms with van der Waals surface area (Å²) in [4.78, 5) is 18.6. The molecule has 1 aromatic heterocycles. The average Bonchev–Trinajstić information content (AvgIpc) is 3.22. The van der Waals surface area contributed by atoms with Crippen LogP contribution in [0.5, 0.6) is 0 Å². The maximum absolute atomic E-state index is 12.5. The number of hydrogen-bond acceptors (Lipinski definition) is 4. The predicted molar refractivity (Wildman–Crippen MR) is 96.3 cm³/mol. The minimum Gasteiger partial charge on any atom is -0.388 e. The maximum atomic E-state index is 12.5. The summed E-state index contributed by atoms with van der Waals surface area (Å²) in [5.41, 5.74) is 1.06. The zero-order valence-corrected chi connectivity index (χ0v) is 14.9. The summed E-state index contributed by atoms with van der Waals surface area (Å²) < 4.78 is 0. The van der Waals surface area contributed by atoms with E-state index in [1.165, 1.54) is 16.9 Å². The number of amides is 1. The molecule has 0 atom stereocenters. The number of aliphatic hydroxyl groups is 1. The van der Waals surface area contributed by atoms with Gasteiger partial charge < -0.3 is 10.0 Å². The molecule has 1 saturated carbocycles. The standard InChI is InChI=1S/C19H24N2O2S/c1-21(14-19(23)11-5-6-12-19)18(22)16-13-24-17(20-16)10-9-15-7-3-2-4-8-15/h2-4,7-8,13,23H,5-6,9-12,14H2,1H3. The molecule has 24 heavy (non-hydrogen) atoms. The summed E-state index contributed by atoms with van der Waals surface area (Å²) in [7, 11) is 1.75. The molecule has 1 N–H and O–H groups in total. The molecule has 1 aromatic carbocycles. The minimum absolute atomic E-state index is 0.0995. The van der Waals surface area contributed by atoms with Crippen LogP contribution >= 0.6 is 11.3 Å². The van der Waals surface area contributed by atoms with Crippen LogP contribution in [0.2, 0.25) is 0 Å². The van der Waals surface area contributed by atoms with E-state index < -0.39 is 5.60 Å². The number of likely N-dealkylation sites (N-methyl/N-ethyl adjacent to an activating group) is 1. The Labute approximate surface area is 147 Å². The van der Waals surface area contributed by atoms with Gasteiger partial charge in [0.25, 0.3) is 5.91 Å². The van der Waals surface area contributed by atoms with Gasteiger partial charge in [-0.15, -0.1) is 11.3 Å². The molecule has 0 saturated heterocycles. The molecular formula is C19H24N2O2S. The molecule has 3 rings (SSSR count). The number of carbonyl (C=O) groups excluding carboxylic acids is 1. The summed E-state index contributed by atoms with van der Waals surface area (Å²) in [6, 6.07) is 10.3. The lowest BCUT2D eigenvalue weighted by atomic mass is 10.0. The molecule has 0 aliphatic heterocycles. The highest BCUT2D eigenvalue weighted by Crippen LogP contribution is 2.30. The van der Waals surface area contributed by atoms with E-state index in [2.05, 4.69) is 17.1 Å². The smallest absolute Gasteiger partial charge is 0.273 e. The summed E-state index contributed by atoms with van der Waals surface area (Å²) in [5, 5.41) is 13.3. The van der Waals surface area contributed by atoms with Crippen LogP contribution in [0.3, 0.4) is 0 Å². The highest BCUT2D eigenvalue weighted by molar-refractivity contribution is 7.09. The van der Waals surface area contributed by atoms with Gasteiger partial charge in [-0.05, 0) is 24.8 Å². The third kappa shape index (κ3) is 4.22. The van der Waals surface area contributed by atoms with Gasteiger partial charge in [0.2, 0.25) is 0 Å². The lowest BCUT2D eigenvalue weighted by Gasteiger charge is -2.28. The number of nitrogens with zero attached hydrogens (tertiary/aromatic N) is 2. The maximum Gasteiger partial charge on any atom is 0.273 e. The molecule has 4 nitrogen and oxygen atoms in total. The first-order chi connectivity index (χ1) is 11.6. The van der Waals surface area contributed by atoms with Crippen LogP contribution in [0.15, 0.2) is 35.7 Å². The number of benzene rings is 1. The van der Waals surface area contributed by atoms with Gasteiger partial charge in [-0.3, -0.25) is 4.79 Å². The topological polar surface area (TPSA) is 53.4 Å². The van der Waals surface area contributed by atoms with E-state index in [9.17, 15) is 9.90 Å². The van der Waals surface area contributed by atoms with E-state index in [1.54, 1.807) is 11.9 Å². The van der Waals surface area contributed by atoms with E-state index in [0.29, 0.717) is 12.2 Å². The van der Waals surface area contributed by atoms with E-state index in [-0.39, 0.29) is 5.91 Å². The number of thiazole rings is 1. The fraction of sp³-hybridized carbons (Fsp3) is 0.474. The number of carbonyl (C=O) groups is 1. The van der Waals surface area contributed by atoms with Gasteiger partial charge >= 0.3 is 0 Å². The number of hydrogen-bond donors (Lipinski definition) is 1. The number of rotatable bonds is 6. The first-order valence-corrected chi connectivity index (χ1v) is 9.40. The second kappa shape index (κ2) is 7.45. The lowest BCUT2D eigenvalue weighted by Crippen LogP contribution is -2.42. The van der Waals surface area contributed by atoms with Crippen molar-refractivity contribution in [1.82, 2.24) is 9.88 Å². The van der Waals surface area contributed by atoms with Crippen LogP contribution in [-0.2, 0) is 12.8 Å². The fourth-order valence-corrected chi connectivity index (χ4v) is 4.09. The van der Waals surface area contributed by atoms with Gasteiger partial charge in [0.1, 0.15) is 5.69 Å². The Balaban J connectivity index is 1.57. The Morgan fingerprint density at radius 2 is 1.96 bits per heavy atom. The van der Waals surface area contributed by atoms with Crippen molar-refractivity contribution in [1.29, 1.82) is 0 Å². The van der Waals surface area contributed by atoms with Crippen molar-refractivity contribution in [2.75, 3.05) is 13.6 Å². The van der Waals surface area contributed by atoms with Gasteiger partial charge in [-0.1, -0.05) is 43.2 Å². The zero-order valence-electron chi connectivity index (χ0n) is 14.1. The summed E-state index contributed by atoms with van der Waals surface area (Å²) >= 11 is 1.54. The molecule has 1 heterocycles. The highest BCUT2D eigenvalue weighted by atomic mass is 32.1. The van der Waals surface area contributed by atoms with E-state index >= 15 is 0 Å². The molecule has 1 amide bonds. The van der Waals surface area contributed by atoms with Gasteiger partial charge in [-0.2, -0.15) is 0 Å². The molecule has 1 aliphatic carbocycles. The minimum atomic E-state index is -0.712. The Hall–Kier alpha value is -1.72. The second-order valence-electron chi connectivity index (χ2n) is 6.70. The van der Waals surface area contributed by atoms with Crippen molar-refractivity contribution < 1.29 is 9.90 Å². The van der Waals surface area contributed by atoms with Crippen molar-refractivity contribution in [3.05, 3.63) is 52.0 Å². The lowest BCUT2D eigenvalue weighted by molar-refractivity contribution is 0.0155. The summed E-state index contributed by atoms with van der Waals surface area (Å²) in [6.07, 6.45) is 5.42. The van der Waals surface area contributed by atoms with E-state index in [4.69, 9.17) is 0 Å². The summed E-state index contributed by atoms with van der Waals surface area (Å²) in [5.74, 6) is -0.0995. The zero-order chi connectivity index (χ0) is 17.0. The van der Waals surface area contributed by atoms with Crippen molar-refractivity contribution in [2.45, 2.75) is 44.1 Å². The first kappa shape index (κ1) is 17.1. The van der Waals surface area contributed by atoms with Crippen LogP contribution in [0.25, 0.3) is 0 Å². The van der Waals surface area contributed by atoms with E-state index in [0.717, 1.165) is 43.5 Å². The van der Waals surface area contributed by atoms with Crippen LogP contribution in [-0.4, -0.2) is 40.1 Å². The van der Waals surface area contributed by atoms with Crippen molar-refractivity contribution in [3.63, 3.8) is 0 Å². The third-order valence-corrected chi connectivity index (χ3v) is 5.56. The quantitative estimate of drug-likeness (QED) is 0.875. The summed E-state index contributed by atoms with van der Waals surface area (Å²) in [6.45, 7) is 0.392. The molecule has 128 valence electrons. The van der Waals surface area contributed by atoms with Crippen molar-refractivity contribution in [2.24, 2.45) is 0 Å². The SMILES string of the molecule is CN(CC1(O)CCCC1)C(=O)c1csc(CCc2ccccc2)n1. The largest absolute Gasteiger partial charge is 0.388 e. The Morgan fingerprint density at radius 1 is 1.25 bits per heavy atom. The van der Waals surface area contributed by atoms with Crippen LogP contribution < -0.4 is 0 Å². The Bertz CT molecular complexity index is 678. The Kier molecular flexibility index (Phi) is 5.31. The van der Waals surface area contributed by atoms with Gasteiger partial charge in [0.05, 0.1) is 10.6 Å². The third-order valence-electron chi connectivity index (χ3n) is 4.65. The number of aryl methyl sites for hydroxylation is 2. The monoisotopic (exact) mass is 344 g/mol. The molecule has 0 bridgehead atoms. The number of aromatic nitrogens is 1. The average molecular weight is 344 g/mol. The van der Waals surface area contributed by atoms with Crippen LogP contribution in [0.1, 0.15) is 46.7 Å². The molecule has 1 fully saturated rings. The van der Waals surface area contributed by atoms with Crippen LogP contribution in [0.4, 0.5) is 0 Å². The molecular weight excluding hydrogens is 320 g/mol. The second-order valence-corrected chi connectivity index (χ2v) is 7.65. The van der Waals surface area contributed by atoms with Gasteiger partial charge in [-0.25, -0.2) is 4.98 Å². The van der Waals surface area contributed by atoms with Crippen molar-refractivity contribution in [3.8, 4) is 0 Å². The molecule has 0 unspecified atom stereocenters. The molecule has 0 radical (unpaired) electrons. The van der Waals surface area contributed by atoms with Crippen molar-refractivity contribution >= 4 is 17.2 Å². The highest BCUT2D eigenvalue weighted by Gasteiger charge is 2.33. The molecule has 5 heteroatoms. The Morgan fingerprint density at radius 3 is 2.67 bits per heavy atom. The fourth-order valence-electron chi connectivity index (χ4n) is 3.32. The molecule has 2 aromatic rings. The molecule has 1 aliphatic rings.